The van der Waals surface area contributed by atoms with Crippen molar-refractivity contribution >= 4 is 15.9 Å². The number of likely N-dealkylation sites (N-methyl/N-ethyl adjacent to an activating group) is 1. The summed E-state index contributed by atoms with van der Waals surface area (Å²) in [6.45, 7) is 4.55. The number of rotatable bonds is 3. The van der Waals surface area contributed by atoms with Gasteiger partial charge in [-0.2, -0.15) is 9.57 Å². The Balaban J connectivity index is 1.97. The highest BCUT2D eigenvalue weighted by molar-refractivity contribution is 7.88. The molecule has 9 heteroatoms. The number of carbonyl (C=O) groups is 1. The molecule has 2 heterocycles. The Kier molecular flexibility index (Phi) is 5.62. The van der Waals surface area contributed by atoms with Gasteiger partial charge in [0.15, 0.2) is 0 Å². The van der Waals surface area contributed by atoms with Gasteiger partial charge in [0, 0.05) is 58.6 Å². The fraction of sp³-hybridized carbons (Fsp3) is 0.714. The second-order valence-electron chi connectivity index (χ2n) is 5.95. The second-order valence-corrected chi connectivity index (χ2v) is 7.93. The van der Waals surface area contributed by atoms with E-state index in [1.54, 1.807) is 11.1 Å². The van der Waals surface area contributed by atoms with Crippen LogP contribution in [0.5, 0.6) is 0 Å². The fourth-order valence-electron chi connectivity index (χ4n) is 2.66. The number of sulfonamides is 1. The van der Waals surface area contributed by atoms with E-state index in [2.05, 4.69) is 4.90 Å². The first-order valence-electron chi connectivity index (χ1n) is 7.60. The Labute approximate surface area is 137 Å². The molecule has 2 aliphatic rings. The summed E-state index contributed by atoms with van der Waals surface area (Å²) in [5, 5.41) is 9.28. The molecule has 23 heavy (non-hydrogen) atoms. The number of hydrogen-bond donors (Lipinski definition) is 0. The van der Waals surface area contributed by atoms with Gasteiger partial charge in [-0.3, -0.25) is 4.79 Å². The van der Waals surface area contributed by atoms with E-state index in [9.17, 15) is 18.5 Å². The third-order valence-electron chi connectivity index (χ3n) is 4.20. The van der Waals surface area contributed by atoms with Crippen LogP contribution in [0.2, 0.25) is 0 Å². The van der Waals surface area contributed by atoms with E-state index < -0.39 is 10.0 Å². The van der Waals surface area contributed by atoms with Crippen molar-refractivity contribution in [2.24, 2.45) is 0 Å². The smallest absolute Gasteiger partial charge is 0.266 e. The first-order chi connectivity index (χ1) is 10.8. The highest BCUT2D eigenvalue weighted by Crippen LogP contribution is 2.10. The minimum absolute atomic E-state index is 0.113. The van der Waals surface area contributed by atoms with Crippen LogP contribution in [0.1, 0.15) is 0 Å². The summed E-state index contributed by atoms with van der Waals surface area (Å²) in [6, 6.07) is 1.98. The molecule has 0 aromatic heterocycles. The van der Waals surface area contributed by atoms with Crippen molar-refractivity contribution in [3.05, 3.63) is 11.8 Å². The van der Waals surface area contributed by atoms with Crippen LogP contribution >= 0.6 is 0 Å². The van der Waals surface area contributed by atoms with Gasteiger partial charge >= 0.3 is 0 Å². The quantitative estimate of drug-likeness (QED) is 0.471. The lowest BCUT2D eigenvalue weighted by atomic mass is 10.2. The van der Waals surface area contributed by atoms with E-state index in [1.807, 2.05) is 18.0 Å². The zero-order chi connectivity index (χ0) is 17.0. The molecular weight excluding hydrogens is 318 g/mol. The predicted octanol–water partition coefficient (Wildman–Crippen LogP) is -1.25. The molecule has 0 aliphatic carbocycles. The summed E-state index contributed by atoms with van der Waals surface area (Å²) in [7, 11) is -1.18. The van der Waals surface area contributed by atoms with Crippen molar-refractivity contribution < 1.29 is 13.2 Å². The predicted molar refractivity (Wildman–Crippen MR) is 85.8 cm³/mol. The van der Waals surface area contributed by atoms with Gasteiger partial charge in [-0.1, -0.05) is 0 Å². The van der Waals surface area contributed by atoms with Crippen LogP contribution in [-0.2, 0) is 14.8 Å². The third-order valence-corrected chi connectivity index (χ3v) is 5.50. The van der Waals surface area contributed by atoms with E-state index in [1.165, 1.54) is 10.6 Å². The number of hydrogen-bond acceptors (Lipinski definition) is 6. The molecule has 0 saturated carbocycles. The standard InChI is InChI=1S/C14H23N5O3S/c1-16-3-7-18(8-4-16)14(20)13(11-15)12-17-5-9-19(10-6-17)23(2,21)22/h12H,3-10H2,1-2H3/b13-12-. The molecule has 2 rings (SSSR count). The summed E-state index contributed by atoms with van der Waals surface area (Å²) in [5.74, 6) is -0.244. The Morgan fingerprint density at radius 1 is 1.04 bits per heavy atom. The van der Waals surface area contributed by atoms with Gasteiger partial charge in [0.05, 0.1) is 6.26 Å². The summed E-state index contributed by atoms with van der Waals surface area (Å²) in [5.41, 5.74) is 0.113. The molecule has 0 spiro atoms. The summed E-state index contributed by atoms with van der Waals surface area (Å²) >= 11 is 0. The van der Waals surface area contributed by atoms with Crippen molar-refractivity contribution in [1.82, 2.24) is 19.0 Å². The zero-order valence-corrected chi connectivity index (χ0v) is 14.4. The topological polar surface area (TPSA) is 88.0 Å². The second kappa shape index (κ2) is 7.29. The molecule has 8 nitrogen and oxygen atoms in total. The lowest BCUT2D eigenvalue weighted by Crippen LogP contribution is -2.48. The Morgan fingerprint density at radius 2 is 1.61 bits per heavy atom. The highest BCUT2D eigenvalue weighted by atomic mass is 32.2. The SMILES string of the molecule is CN1CCN(C(=O)/C(C#N)=C\N2CCN(S(C)(=O)=O)CC2)CC1. The molecule has 0 aromatic carbocycles. The average Bonchev–Trinajstić information content (AvgIpc) is 2.52. The van der Waals surface area contributed by atoms with E-state index in [4.69, 9.17) is 0 Å². The van der Waals surface area contributed by atoms with Crippen LogP contribution in [0.25, 0.3) is 0 Å². The summed E-state index contributed by atoms with van der Waals surface area (Å²) in [6.07, 6.45) is 2.76. The van der Waals surface area contributed by atoms with Crippen molar-refractivity contribution in [2.45, 2.75) is 0 Å². The van der Waals surface area contributed by atoms with Crippen molar-refractivity contribution in [3.8, 4) is 6.07 Å². The molecule has 2 aliphatic heterocycles. The van der Waals surface area contributed by atoms with Crippen LogP contribution in [0.3, 0.4) is 0 Å². The molecule has 0 unspecified atom stereocenters. The molecule has 2 saturated heterocycles. The average molecular weight is 341 g/mol. The van der Waals surface area contributed by atoms with Gasteiger partial charge in [0.1, 0.15) is 11.6 Å². The lowest BCUT2D eigenvalue weighted by Gasteiger charge is -2.34. The highest BCUT2D eigenvalue weighted by Gasteiger charge is 2.25. The molecule has 0 aromatic rings. The van der Waals surface area contributed by atoms with Gasteiger partial charge in [-0.15, -0.1) is 0 Å². The number of nitrogens with zero attached hydrogens (tertiary/aromatic N) is 5. The molecule has 0 radical (unpaired) electrons. The minimum Gasteiger partial charge on any atom is -0.373 e. The van der Waals surface area contributed by atoms with Crippen LogP contribution in [0.4, 0.5) is 0 Å². The third kappa shape index (κ3) is 4.67. The van der Waals surface area contributed by atoms with Gasteiger partial charge in [-0.05, 0) is 7.05 Å². The first-order valence-corrected chi connectivity index (χ1v) is 9.45. The maximum absolute atomic E-state index is 12.4. The van der Waals surface area contributed by atoms with Crippen LogP contribution < -0.4 is 0 Å². The zero-order valence-electron chi connectivity index (χ0n) is 13.6. The maximum Gasteiger partial charge on any atom is 0.266 e. The van der Waals surface area contributed by atoms with E-state index in [0.29, 0.717) is 39.3 Å². The van der Waals surface area contributed by atoms with Gasteiger partial charge < -0.3 is 14.7 Å². The van der Waals surface area contributed by atoms with E-state index in [-0.39, 0.29) is 11.5 Å². The largest absolute Gasteiger partial charge is 0.373 e. The van der Waals surface area contributed by atoms with Gasteiger partial charge in [-0.25, -0.2) is 8.42 Å². The van der Waals surface area contributed by atoms with Crippen molar-refractivity contribution in [1.29, 1.82) is 5.26 Å². The van der Waals surface area contributed by atoms with E-state index >= 15 is 0 Å². The Bertz CT molecular complexity index is 609. The van der Waals surface area contributed by atoms with Crippen LogP contribution in [0, 0.1) is 11.3 Å². The molecule has 0 atom stereocenters. The maximum atomic E-state index is 12.4. The molecule has 1 amide bonds. The van der Waals surface area contributed by atoms with E-state index in [0.717, 1.165) is 13.1 Å². The van der Waals surface area contributed by atoms with Crippen LogP contribution in [-0.4, -0.2) is 99.0 Å². The number of nitriles is 1. The molecule has 128 valence electrons. The number of amides is 1. The monoisotopic (exact) mass is 341 g/mol. The van der Waals surface area contributed by atoms with Gasteiger partial charge in [0.2, 0.25) is 10.0 Å². The lowest BCUT2D eigenvalue weighted by molar-refractivity contribution is -0.128. The van der Waals surface area contributed by atoms with Crippen molar-refractivity contribution in [2.75, 3.05) is 65.7 Å². The Morgan fingerprint density at radius 3 is 2.09 bits per heavy atom. The summed E-state index contributed by atoms with van der Waals surface area (Å²) < 4.78 is 24.4. The Hall–Kier alpha value is -1.63. The molecule has 2 fully saturated rings. The summed E-state index contributed by atoms with van der Waals surface area (Å²) in [4.78, 5) is 18.1. The molecule has 0 bridgehead atoms. The fourth-order valence-corrected chi connectivity index (χ4v) is 3.49. The van der Waals surface area contributed by atoms with Gasteiger partial charge in [0.25, 0.3) is 5.91 Å². The van der Waals surface area contributed by atoms with Crippen molar-refractivity contribution in [3.63, 3.8) is 0 Å². The minimum atomic E-state index is -3.18. The number of carbonyl (C=O) groups excluding carboxylic acids is 1. The molecular formula is C14H23N5O3S. The number of piperazine rings is 2. The van der Waals surface area contributed by atoms with Crippen LogP contribution in [0.15, 0.2) is 11.8 Å². The normalized spacial score (nSPS) is 22.0. The first kappa shape index (κ1) is 17.7. The molecule has 0 N–H and O–H groups in total.